The van der Waals surface area contributed by atoms with E-state index in [1.807, 2.05) is 0 Å². The van der Waals surface area contributed by atoms with Crippen LogP contribution in [0.15, 0.2) is 21.5 Å². The number of ether oxygens (including phenoxy) is 2. The second-order valence-electron chi connectivity index (χ2n) is 7.11. The van der Waals surface area contributed by atoms with Gasteiger partial charge in [-0.1, -0.05) is 89.2 Å². The average molecular weight is 431 g/mol. The van der Waals surface area contributed by atoms with Gasteiger partial charge in [-0.25, -0.2) is 0 Å². The van der Waals surface area contributed by atoms with Crippen LogP contribution < -0.4 is 0 Å². The molecule has 0 amide bonds. The molecule has 4 nitrogen and oxygen atoms in total. The summed E-state index contributed by atoms with van der Waals surface area (Å²) in [6.45, 7) is 2.25. The number of halogens is 1. The van der Waals surface area contributed by atoms with E-state index < -0.39 is 5.78 Å². The standard InChI is InChI=1S/C22H35ClO4S/c1-4-5-6-7-8-9-10-11-12-13-14-15-16-28-22-17(23)18(24)20(26-2)21(27-3)19(22)25/h4-16H2,1-3H3. The number of allylic oxidation sites excluding steroid dienone is 2. The highest BCUT2D eigenvalue weighted by Crippen LogP contribution is 2.34. The smallest absolute Gasteiger partial charge is 0.244 e. The molecule has 1 aliphatic carbocycles. The van der Waals surface area contributed by atoms with Crippen LogP contribution in [0.5, 0.6) is 0 Å². The summed E-state index contributed by atoms with van der Waals surface area (Å²) in [5, 5.41) is -0.0633. The number of Topliss-reactive ketones (excluding diaryl/α,β-unsaturated/α-hetero) is 2. The van der Waals surface area contributed by atoms with Gasteiger partial charge in [0.05, 0.1) is 19.1 Å². The Bertz CT molecular complexity index is 569. The van der Waals surface area contributed by atoms with Crippen LogP contribution in [0.4, 0.5) is 0 Å². The molecule has 0 radical (unpaired) electrons. The van der Waals surface area contributed by atoms with Crippen LogP contribution in [0.3, 0.4) is 0 Å². The van der Waals surface area contributed by atoms with E-state index in [4.69, 9.17) is 21.1 Å². The predicted molar refractivity (Wildman–Crippen MR) is 117 cm³/mol. The number of methoxy groups -OCH3 is 2. The van der Waals surface area contributed by atoms with Crippen LogP contribution in [-0.2, 0) is 19.1 Å². The van der Waals surface area contributed by atoms with Crippen molar-refractivity contribution >= 4 is 34.9 Å². The number of rotatable bonds is 16. The molecule has 0 atom stereocenters. The number of unbranched alkanes of at least 4 members (excludes halogenated alkanes) is 11. The van der Waals surface area contributed by atoms with Crippen molar-refractivity contribution in [1.82, 2.24) is 0 Å². The lowest BCUT2D eigenvalue weighted by Crippen LogP contribution is -2.23. The van der Waals surface area contributed by atoms with E-state index in [9.17, 15) is 9.59 Å². The summed E-state index contributed by atoms with van der Waals surface area (Å²) in [5.41, 5.74) is 0. The molecular weight excluding hydrogens is 396 g/mol. The van der Waals surface area contributed by atoms with Gasteiger partial charge in [-0.15, -0.1) is 11.8 Å². The summed E-state index contributed by atoms with van der Waals surface area (Å²) < 4.78 is 10.0. The van der Waals surface area contributed by atoms with Crippen LogP contribution in [0.25, 0.3) is 0 Å². The molecule has 0 N–H and O–H groups in total. The molecule has 0 fully saturated rings. The van der Waals surface area contributed by atoms with Gasteiger partial charge in [0.25, 0.3) is 0 Å². The fourth-order valence-corrected chi connectivity index (χ4v) is 4.56. The molecule has 0 spiro atoms. The Morgan fingerprint density at radius 3 is 1.61 bits per heavy atom. The summed E-state index contributed by atoms with van der Waals surface area (Å²) in [6.07, 6.45) is 15.5. The first-order valence-electron chi connectivity index (χ1n) is 10.5. The quantitative estimate of drug-likeness (QED) is 0.206. The van der Waals surface area contributed by atoms with Crippen molar-refractivity contribution in [2.45, 2.75) is 84.0 Å². The molecular formula is C22H35ClO4S. The molecule has 6 heteroatoms. The first kappa shape index (κ1) is 25.1. The minimum atomic E-state index is -0.488. The first-order valence-corrected chi connectivity index (χ1v) is 11.9. The van der Waals surface area contributed by atoms with Gasteiger partial charge in [0.1, 0.15) is 5.03 Å². The van der Waals surface area contributed by atoms with E-state index in [1.165, 1.54) is 90.2 Å². The molecule has 1 aliphatic rings. The van der Waals surface area contributed by atoms with Crippen molar-refractivity contribution in [1.29, 1.82) is 0 Å². The van der Waals surface area contributed by atoms with Gasteiger partial charge in [0.15, 0.2) is 0 Å². The molecule has 0 bridgehead atoms. The predicted octanol–water partition coefficient (Wildman–Crippen LogP) is 6.53. The largest absolute Gasteiger partial charge is 0.489 e. The Kier molecular flexibility index (Phi) is 13.4. The van der Waals surface area contributed by atoms with Crippen molar-refractivity contribution in [2.75, 3.05) is 20.0 Å². The van der Waals surface area contributed by atoms with E-state index in [1.54, 1.807) is 0 Å². The lowest BCUT2D eigenvalue weighted by atomic mass is 10.1. The number of hydrogen-bond acceptors (Lipinski definition) is 5. The second-order valence-corrected chi connectivity index (χ2v) is 8.59. The van der Waals surface area contributed by atoms with E-state index in [-0.39, 0.29) is 27.2 Å². The zero-order valence-corrected chi connectivity index (χ0v) is 19.2. The van der Waals surface area contributed by atoms with Gasteiger partial charge >= 0.3 is 0 Å². The maximum atomic E-state index is 12.5. The number of carbonyl (C=O) groups is 2. The number of ketones is 2. The maximum absolute atomic E-state index is 12.5. The van der Waals surface area contributed by atoms with E-state index in [0.717, 1.165) is 18.6 Å². The summed E-state index contributed by atoms with van der Waals surface area (Å²) in [6, 6.07) is 0. The number of carbonyl (C=O) groups excluding carboxylic acids is 2. The average Bonchev–Trinajstić information content (AvgIpc) is 2.70. The molecule has 0 aromatic rings. The number of hydrogen-bond donors (Lipinski definition) is 0. The fourth-order valence-electron chi connectivity index (χ4n) is 3.23. The molecule has 0 aliphatic heterocycles. The van der Waals surface area contributed by atoms with Crippen LogP contribution in [0.2, 0.25) is 0 Å². The van der Waals surface area contributed by atoms with Gasteiger partial charge in [-0.2, -0.15) is 0 Å². The minimum Gasteiger partial charge on any atom is -0.489 e. The molecule has 0 aromatic carbocycles. The molecule has 28 heavy (non-hydrogen) atoms. The van der Waals surface area contributed by atoms with Gasteiger partial charge in [-0.05, 0) is 12.2 Å². The normalized spacial score (nSPS) is 14.9. The highest BCUT2D eigenvalue weighted by atomic mass is 35.5. The third-order valence-corrected chi connectivity index (χ3v) is 6.52. The topological polar surface area (TPSA) is 52.6 Å². The van der Waals surface area contributed by atoms with Crippen molar-refractivity contribution < 1.29 is 19.1 Å². The van der Waals surface area contributed by atoms with Crippen molar-refractivity contribution in [3.63, 3.8) is 0 Å². The van der Waals surface area contributed by atoms with Crippen molar-refractivity contribution in [3.05, 3.63) is 21.5 Å². The highest BCUT2D eigenvalue weighted by Gasteiger charge is 2.36. The maximum Gasteiger partial charge on any atom is 0.244 e. The van der Waals surface area contributed by atoms with Crippen molar-refractivity contribution in [2.24, 2.45) is 0 Å². The Balaban J connectivity index is 2.17. The zero-order valence-electron chi connectivity index (χ0n) is 17.6. The van der Waals surface area contributed by atoms with Crippen LogP contribution in [0, 0.1) is 0 Å². The zero-order chi connectivity index (χ0) is 20.8. The molecule has 0 heterocycles. The Hall–Kier alpha value is -0.940. The fraction of sp³-hybridized carbons (Fsp3) is 0.727. The van der Waals surface area contributed by atoms with E-state index in [2.05, 4.69) is 6.92 Å². The Morgan fingerprint density at radius 2 is 1.14 bits per heavy atom. The Labute approximate surface area is 179 Å². The van der Waals surface area contributed by atoms with E-state index in [0.29, 0.717) is 0 Å². The third kappa shape index (κ3) is 8.20. The summed E-state index contributed by atoms with van der Waals surface area (Å²) in [7, 11) is 2.68. The Morgan fingerprint density at radius 1 is 0.714 bits per heavy atom. The van der Waals surface area contributed by atoms with Gasteiger partial charge in [0.2, 0.25) is 23.1 Å². The summed E-state index contributed by atoms with van der Waals surface area (Å²) in [5.74, 6) is -0.270. The molecule has 160 valence electrons. The molecule has 0 saturated heterocycles. The first-order chi connectivity index (χ1) is 13.6. The van der Waals surface area contributed by atoms with Gasteiger partial charge in [-0.3, -0.25) is 9.59 Å². The molecule has 1 rings (SSSR count). The molecule has 0 saturated carbocycles. The van der Waals surface area contributed by atoms with Gasteiger partial charge in [0, 0.05) is 0 Å². The SMILES string of the molecule is CCCCCCCCCCCCCCSC1=C(Cl)C(=O)C(OC)=C(OC)C1=O. The molecule has 0 unspecified atom stereocenters. The molecule has 0 aromatic heterocycles. The summed E-state index contributed by atoms with van der Waals surface area (Å²) >= 11 is 7.43. The van der Waals surface area contributed by atoms with Crippen LogP contribution >= 0.6 is 23.4 Å². The van der Waals surface area contributed by atoms with Crippen molar-refractivity contribution in [3.8, 4) is 0 Å². The van der Waals surface area contributed by atoms with Crippen LogP contribution in [0.1, 0.15) is 84.0 Å². The minimum absolute atomic E-state index is 0.0610. The highest BCUT2D eigenvalue weighted by molar-refractivity contribution is 8.04. The summed E-state index contributed by atoms with van der Waals surface area (Å²) in [4.78, 5) is 24.9. The lowest BCUT2D eigenvalue weighted by molar-refractivity contribution is -0.120. The lowest BCUT2D eigenvalue weighted by Gasteiger charge is -2.18. The van der Waals surface area contributed by atoms with E-state index >= 15 is 0 Å². The third-order valence-electron chi connectivity index (χ3n) is 4.88. The van der Waals surface area contributed by atoms with Gasteiger partial charge < -0.3 is 9.47 Å². The van der Waals surface area contributed by atoms with Crippen LogP contribution in [-0.4, -0.2) is 31.5 Å². The monoisotopic (exact) mass is 430 g/mol. The number of thioether (sulfide) groups is 1. The second kappa shape index (κ2) is 15.0.